The Kier molecular flexibility index (Phi) is 3.41. The molecule has 0 aliphatic heterocycles. The Labute approximate surface area is 99.4 Å². The Hall–Kier alpha value is -1.85. The number of pyridine rings is 1. The minimum atomic E-state index is -0.449. The third-order valence-electron chi connectivity index (χ3n) is 2.87. The molecule has 1 heterocycles. The van der Waals surface area contributed by atoms with Crippen molar-refractivity contribution in [2.24, 2.45) is 5.92 Å². The Bertz CT molecular complexity index is 418. The fourth-order valence-corrected chi connectivity index (χ4v) is 1.75. The predicted molar refractivity (Wildman–Crippen MR) is 65.8 cm³/mol. The van der Waals surface area contributed by atoms with Crippen LogP contribution < -0.4 is 11.1 Å². The first-order valence-corrected chi connectivity index (χ1v) is 5.81. The van der Waals surface area contributed by atoms with Gasteiger partial charge in [-0.2, -0.15) is 0 Å². The summed E-state index contributed by atoms with van der Waals surface area (Å²) in [5, 5.41) is 13.8. The quantitative estimate of drug-likeness (QED) is 0.448. The molecule has 1 aliphatic rings. The molecule has 0 unspecified atom stereocenters. The summed E-state index contributed by atoms with van der Waals surface area (Å²) >= 11 is 0. The second-order valence-electron chi connectivity index (χ2n) is 4.37. The van der Waals surface area contributed by atoms with Crippen molar-refractivity contribution in [3.8, 4) is 0 Å². The Balaban J connectivity index is 1.92. The largest absolute Gasteiger partial charge is 0.384 e. The molecule has 92 valence electrons. The van der Waals surface area contributed by atoms with Gasteiger partial charge in [0.05, 0.1) is 4.92 Å². The van der Waals surface area contributed by atoms with Crippen molar-refractivity contribution in [2.75, 3.05) is 17.6 Å². The summed E-state index contributed by atoms with van der Waals surface area (Å²) in [6.45, 7) is 0.702. The number of rotatable bonds is 6. The highest BCUT2D eigenvalue weighted by Crippen LogP contribution is 2.33. The van der Waals surface area contributed by atoms with Gasteiger partial charge in [0.25, 0.3) is 0 Å². The highest BCUT2D eigenvalue weighted by molar-refractivity contribution is 5.59. The monoisotopic (exact) mass is 236 g/mol. The van der Waals surface area contributed by atoms with E-state index in [0.29, 0.717) is 12.4 Å². The molecule has 0 atom stereocenters. The average Bonchev–Trinajstić information content (AvgIpc) is 3.08. The van der Waals surface area contributed by atoms with E-state index in [9.17, 15) is 10.1 Å². The standard InChI is InChI=1S/C11H16N4O2/c12-10-6-5-9(15(16)17)11(14-10)13-7-1-2-8-3-4-8/h5-6,8H,1-4,7H2,(H3,12,13,14). The number of nitrogen functional groups attached to an aromatic ring is 1. The number of nitrogens with one attached hydrogen (secondary N) is 1. The number of hydrogen-bond acceptors (Lipinski definition) is 5. The number of anilines is 2. The third kappa shape index (κ3) is 3.30. The summed E-state index contributed by atoms with van der Waals surface area (Å²) in [5.74, 6) is 1.44. The van der Waals surface area contributed by atoms with Gasteiger partial charge in [0.2, 0.25) is 5.82 Å². The van der Waals surface area contributed by atoms with E-state index in [1.54, 1.807) is 0 Å². The number of aromatic nitrogens is 1. The lowest BCUT2D eigenvalue weighted by Crippen LogP contribution is -2.07. The highest BCUT2D eigenvalue weighted by Gasteiger charge is 2.20. The van der Waals surface area contributed by atoms with E-state index in [1.807, 2.05) is 0 Å². The van der Waals surface area contributed by atoms with Crippen LogP contribution in [0.25, 0.3) is 0 Å². The minimum Gasteiger partial charge on any atom is -0.384 e. The molecule has 1 fully saturated rings. The number of nitro groups is 1. The van der Waals surface area contributed by atoms with Gasteiger partial charge in [0.1, 0.15) is 5.82 Å². The fraction of sp³-hybridized carbons (Fsp3) is 0.545. The molecule has 0 radical (unpaired) electrons. The van der Waals surface area contributed by atoms with Crippen molar-refractivity contribution >= 4 is 17.3 Å². The van der Waals surface area contributed by atoms with Crippen LogP contribution in [0.5, 0.6) is 0 Å². The lowest BCUT2D eigenvalue weighted by atomic mass is 10.2. The number of hydrogen-bond donors (Lipinski definition) is 2. The second kappa shape index (κ2) is 4.99. The molecule has 1 aliphatic carbocycles. The molecule has 0 bridgehead atoms. The van der Waals surface area contributed by atoms with Gasteiger partial charge in [0, 0.05) is 12.6 Å². The maximum absolute atomic E-state index is 10.8. The molecular formula is C11H16N4O2. The van der Waals surface area contributed by atoms with Gasteiger partial charge in [-0.05, 0) is 24.8 Å². The van der Waals surface area contributed by atoms with Gasteiger partial charge >= 0.3 is 5.69 Å². The van der Waals surface area contributed by atoms with Gasteiger partial charge in [0.15, 0.2) is 0 Å². The third-order valence-corrected chi connectivity index (χ3v) is 2.87. The van der Waals surface area contributed by atoms with E-state index < -0.39 is 4.92 Å². The summed E-state index contributed by atoms with van der Waals surface area (Å²) in [7, 11) is 0. The van der Waals surface area contributed by atoms with E-state index in [2.05, 4.69) is 10.3 Å². The molecule has 1 saturated carbocycles. The summed E-state index contributed by atoms with van der Waals surface area (Å²) in [5.41, 5.74) is 5.49. The Morgan fingerprint density at radius 2 is 2.29 bits per heavy atom. The van der Waals surface area contributed by atoms with Crippen LogP contribution in [-0.4, -0.2) is 16.5 Å². The molecular weight excluding hydrogens is 220 g/mol. The van der Waals surface area contributed by atoms with Crippen molar-refractivity contribution in [3.05, 3.63) is 22.2 Å². The molecule has 0 aromatic carbocycles. The SMILES string of the molecule is Nc1ccc([N+](=O)[O-])c(NCCCC2CC2)n1. The molecule has 17 heavy (non-hydrogen) atoms. The summed E-state index contributed by atoms with van der Waals surface area (Å²) in [4.78, 5) is 14.3. The number of nitrogens with zero attached hydrogens (tertiary/aromatic N) is 2. The van der Waals surface area contributed by atoms with E-state index >= 15 is 0 Å². The van der Waals surface area contributed by atoms with Crippen LogP contribution in [0, 0.1) is 16.0 Å². The van der Waals surface area contributed by atoms with Crippen molar-refractivity contribution in [3.63, 3.8) is 0 Å². The van der Waals surface area contributed by atoms with Crippen LogP contribution in [0.3, 0.4) is 0 Å². The minimum absolute atomic E-state index is 0.0226. The van der Waals surface area contributed by atoms with Crippen molar-refractivity contribution < 1.29 is 4.92 Å². The van der Waals surface area contributed by atoms with Crippen LogP contribution in [0.4, 0.5) is 17.3 Å². The molecule has 0 amide bonds. The molecule has 0 spiro atoms. The molecule has 6 nitrogen and oxygen atoms in total. The molecule has 3 N–H and O–H groups in total. The lowest BCUT2D eigenvalue weighted by Gasteiger charge is -2.06. The van der Waals surface area contributed by atoms with E-state index in [1.165, 1.54) is 31.4 Å². The lowest BCUT2D eigenvalue weighted by molar-refractivity contribution is -0.384. The van der Waals surface area contributed by atoms with Gasteiger partial charge in [-0.25, -0.2) is 4.98 Å². The Morgan fingerprint density at radius 1 is 1.53 bits per heavy atom. The first-order chi connectivity index (χ1) is 8.16. The van der Waals surface area contributed by atoms with Crippen molar-refractivity contribution in [1.29, 1.82) is 0 Å². The molecule has 0 saturated heterocycles. The van der Waals surface area contributed by atoms with E-state index in [4.69, 9.17) is 5.73 Å². The number of nitrogens with two attached hydrogens (primary N) is 1. The highest BCUT2D eigenvalue weighted by atomic mass is 16.6. The molecule has 6 heteroatoms. The average molecular weight is 236 g/mol. The smallest absolute Gasteiger partial charge is 0.311 e. The van der Waals surface area contributed by atoms with Crippen LogP contribution in [0.15, 0.2) is 12.1 Å². The summed E-state index contributed by atoms with van der Waals surface area (Å²) < 4.78 is 0. The first kappa shape index (κ1) is 11.6. The van der Waals surface area contributed by atoms with Crippen LogP contribution in [0.2, 0.25) is 0 Å². The zero-order chi connectivity index (χ0) is 12.3. The van der Waals surface area contributed by atoms with Crippen molar-refractivity contribution in [2.45, 2.75) is 25.7 Å². The van der Waals surface area contributed by atoms with Gasteiger partial charge in [-0.15, -0.1) is 0 Å². The van der Waals surface area contributed by atoms with Gasteiger partial charge < -0.3 is 11.1 Å². The van der Waals surface area contributed by atoms with E-state index in [0.717, 1.165) is 12.3 Å². The van der Waals surface area contributed by atoms with Crippen molar-refractivity contribution in [1.82, 2.24) is 4.98 Å². The maximum Gasteiger partial charge on any atom is 0.311 e. The van der Waals surface area contributed by atoms with Gasteiger partial charge in [-0.3, -0.25) is 10.1 Å². The first-order valence-electron chi connectivity index (χ1n) is 5.81. The predicted octanol–water partition coefficient (Wildman–Crippen LogP) is 2.17. The summed E-state index contributed by atoms with van der Waals surface area (Å²) in [6, 6.07) is 2.82. The fourth-order valence-electron chi connectivity index (χ4n) is 1.75. The molecule has 2 rings (SSSR count). The molecule has 1 aromatic rings. The van der Waals surface area contributed by atoms with Crippen LogP contribution in [0.1, 0.15) is 25.7 Å². The summed E-state index contributed by atoms with van der Waals surface area (Å²) in [6.07, 6.45) is 4.86. The van der Waals surface area contributed by atoms with Crippen LogP contribution in [-0.2, 0) is 0 Å². The zero-order valence-electron chi connectivity index (χ0n) is 9.56. The Morgan fingerprint density at radius 3 is 2.94 bits per heavy atom. The molecule has 1 aromatic heterocycles. The van der Waals surface area contributed by atoms with E-state index in [-0.39, 0.29) is 11.5 Å². The van der Waals surface area contributed by atoms with Crippen LogP contribution >= 0.6 is 0 Å². The van der Waals surface area contributed by atoms with Gasteiger partial charge in [-0.1, -0.05) is 12.8 Å². The second-order valence-corrected chi connectivity index (χ2v) is 4.37. The normalized spacial score (nSPS) is 14.6. The topological polar surface area (TPSA) is 94.1 Å². The maximum atomic E-state index is 10.8. The zero-order valence-corrected chi connectivity index (χ0v) is 9.56.